The highest BCUT2D eigenvalue weighted by atomic mass is 32.2. The lowest BCUT2D eigenvalue weighted by atomic mass is 10.3. The van der Waals surface area contributed by atoms with Crippen molar-refractivity contribution in [3.63, 3.8) is 0 Å². The first-order valence-corrected chi connectivity index (χ1v) is 8.05. The molecule has 0 fully saturated rings. The highest BCUT2D eigenvalue weighted by molar-refractivity contribution is 7.91. The number of anilines is 2. The lowest BCUT2D eigenvalue weighted by molar-refractivity contribution is 0.202. The van der Waals surface area contributed by atoms with Crippen molar-refractivity contribution in [3.05, 3.63) is 48.5 Å². The summed E-state index contributed by atoms with van der Waals surface area (Å²) in [4.78, 5) is 12.4. The van der Waals surface area contributed by atoms with Crippen molar-refractivity contribution in [3.8, 4) is 0 Å². The molecule has 0 aliphatic carbocycles. The zero-order chi connectivity index (χ0) is 16.3. The van der Waals surface area contributed by atoms with Crippen LogP contribution < -0.4 is 10.6 Å². The van der Waals surface area contributed by atoms with Crippen LogP contribution in [-0.4, -0.2) is 26.2 Å². The van der Waals surface area contributed by atoms with Crippen molar-refractivity contribution >= 4 is 27.3 Å². The number of sulfone groups is 1. The molecule has 22 heavy (non-hydrogen) atoms. The highest BCUT2D eigenvalue weighted by Gasteiger charge is 2.18. The van der Waals surface area contributed by atoms with Gasteiger partial charge in [0.15, 0.2) is 0 Å². The molecular weight excluding hydrogens is 304 g/mol. The number of carbonyl (C=O) groups is 1. The SMILES string of the molecule is CCN(C(=O)O)c1ccc(S(=O)(=O)c2ccc(N)cc2)cc1. The Morgan fingerprint density at radius 3 is 1.91 bits per heavy atom. The van der Waals surface area contributed by atoms with Gasteiger partial charge in [-0.05, 0) is 55.5 Å². The molecule has 0 saturated heterocycles. The Kier molecular flexibility index (Phi) is 4.37. The van der Waals surface area contributed by atoms with Crippen LogP contribution in [0.1, 0.15) is 6.92 Å². The van der Waals surface area contributed by atoms with Gasteiger partial charge < -0.3 is 10.8 Å². The smallest absolute Gasteiger partial charge is 0.411 e. The molecule has 0 aromatic heterocycles. The van der Waals surface area contributed by atoms with Crippen LogP contribution >= 0.6 is 0 Å². The zero-order valence-corrected chi connectivity index (χ0v) is 12.7. The van der Waals surface area contributed by atoms with Crippen molar-refractivity contribution in [2.24, 2.45) is 0 Å². The van der Waals surface area contributed by atoms with E-state index in [1.807, 2.05) is 0 Å². The minimum Gasteiger partial charge on any atom is -0.465 e. The number of hydrogen-bond acceptors (Lipinski definition) is 4. The van der Waals surface area contributed by atoms with Gasteiger partial charge in [-0.25, -0.2) is 13.2 Å². The fourth-order valence-electron chi connectivity index (χ4n) is 2.02. The first kappa shape index (κ1) is 15.8. The van der Waals surface area contributed by atoms with Gasteiger partial charge in [-0.3, -0.25) is 4.90 Å². The number of carboxylic acid groups (broad SMARTS) is 1. The minimum atomic E-state index is -3.65. The molecule has 6 nitrogen and oxygen atoms in total. The van der Waals surface area contributed by atoms with Crippen LogP contribution in [0.4, 0.5) is 16.2 Å². The summed E-state index contributed by atoms with van der Waals surface area (Å²) in [5, 5.41) is 9.06. The van der Waals surface area contributed by atoms with Crippen LogP contribution in [0.15, 0.2) is 58.3 Å². The molecule has 0 atom stereocenters. The van der Waals surface area contributed by atoms with Gasteiger partial charge in [0, 0.05) is 17.9 Å². The fraction of sp³-hybridized carbons (Fsp3) is 0.133. The quantitative estimate of drug-likeness (QED) is 0.843. The summed E-state index contributed by atoms with van der Waals surface area (Å²) in [6.07, 6.45) is -1.09. The standard InChI is InChI=1S/C15H16N2O4S/c1-2-17(15(18)19)12-5-9-14(10-6-12)22(20,21)13-7-3-11(16)4-8-13/h3-10H,2,16H2,1H3,(H,18,19). The van der Waals surface area contributed by atoms with Gasteiger partial charge in [-0.15, -0.1) is 0 Å². The van der Waals surface area contributed by atoms with Gasteiger partial charge in [0.1, 0.15) is 0 Å². The summed E-state index contributed by atoms with van der Waals surface area (Å²) in [5.74, 6) is 0. The second-order valence-corrected chi connectivity index (χ2v) is 6.54. The van der Waals surface area contributed by atoms with E-state index in [0.29, 0.717) is 11.4 Å². The van der Waals surface area contributed by atoms with Gasteiger partial charge in [-0.2, -0.15) is 0 Å². The van der Waals surface area contributed by atoms with Crippen LogP contribution in [0.3, 0.4) is 0 Å². The molecule has 116 valence electrons. The monoisotopic (exact) mass is 320 g/mol. The lowest BCUT2D eigenvalue weighted by Crippen LogP contribution is -2.28. The number of rotatable bonds is 4. The Hall–Kier alpha value is -2.54. The first-order chi connectivity index (χ1) is 10.4. The average molecular weight is 320 g/mol. The van der Waals surface area contributed by atoms with Crippen molar-refractivity contribution in [1.29, 1.82) is 0 Å². The normalized spacial score (nSPS) is 11.1. The Morgan fingerprint density at radius 1 is 1.05 bits per heavy atom. The third-order valence-corrected chi connectivity index (χ3v) is 4.98. The molecule has 0 aliphatic heterocycles. The molecule has 2 aromatic rings. The van der Waals surface area contributed by atoms with Gasteiger partial charge in [0.05, 0.1) is 9.79 Å². The van der Waals surface area contributed by atoms with E-state index in [0.717, 1.165) is 4.90 Å². The third-order valence-electron chi connectivity index (χ3n) is 3.20. The van der Waals surface area contributed by atoms with Gasteiger partial charge in [0.2, 0.25) is 9.84 Å². The summed E-state index contributed by atoms with van der Waals surface area (Å²) >= 11 is 0. The van der Waals surface area contributed by atoms with E-state index in [1.165, 1.54) is 48.5 Å². The number of hydrogen-bond donors (Lipinski definition) is 2. The number of nitrogen functional groups attached to an aromatic ring is 1. The van der Waals surface area contributed by atoms with Crippen LogP contribution in [0.5, 0.6) is 0 Å². The molecule has 0 saturated carbocycles. The summed E-state index contributed by atoms with van der Waals surface area (Å²) in [5.41, 5.74) is 6.45. The first-order valence-electron chi connectivity index (χ1n) is 6.57. The van der Waals surface area contributed by atoms with Crippen LogP contribution in [0, 0.1) is 0 Å². The molecule has 0 bridgehead atoms. The highest BCUT2D eigenvalue weighted by Crippen LogP contribution is 2.24. The van der Waals surface area contributed by atoms with E-state index in [1.54, 1.807) is 6.92 Å². The maximum Gasteiger partial charge on any atom is 0.411 e. The maximum atomic E-state index is 12.5. The van der Waals surface area contributed by atoms with E-state index in [2.05, 4.69) is 0 Å². The van der Waals surface area contributed by atoms with Crippen molar-refractivity contribution in [1.82, 2.24) is 0 Å². The van der Waals surface area contributed by atoms with Crippen molar-refractivity contribution < 1.29 is 18.3 Å². The molecule has 0 radical (unpaired) electrons. The van der Waals surface area contributed by atoms with E-state index in [9.17, 15) is 13.2 Å². The van der Waals surface area contributed by atoms with Crippen LogP contribution in [0.25, 0.3) is 0 Å². The summed E-state index contributed by atoms with van der Waals surface area (Å²) < 4.78 is 24.9. The molecular formula is C15H16N2O4S. The molecule has 3 N–H and O–H groups in total. The molecule has 7 heteroatoms. The van der Waals surface area contributed by atoms with E-state index < -0.39 is 15.9 Å². The van der Waals surface area contributed by atoms with Crippen molar-refractivity contribution in [2.75, 3.05) is 17.2 Å². The second kappa shape index (κ2) is 6.07. The summed E-state index contributed by atoms with van der Waals surface area (Å²) in [6.45, 7) is 1.98. The minimum absolute atomic E-state index is 0.0995. The molecule has 0 heterocycles. The Labute approximate surface area is 128 Å². The Balaban J connectivity index is 2.37. The maximum absolute atomic E-state index is 12.5. The third kappa shape index (κ3) is 3.04. The van der Waals surface area contributed by atoms with Gasteiger partial charge >= 0.3 is 6.09 Å². The number of nitrogens with two attached hydrogens (primary N) is 1. The van der Waals surface area contributed by atoms with E-state index >= 15 is 0 Å². The van der Waals surface area contributed by atoms with Crippen molar-refractivity contribution in [2.45, 2.75) is 16.7 Å². The molecule has 0 spiro atoms. The van der Waals surface area contributed by atoms with Crippen LogP contribution in [-0.2, 0) is 9.84 Å². The van der Waals surface area contributed by atoms with Gasteiger partial charge in [0.25, 0.3) is 0 Å². The number of benzene rings is 2. The second-order valence-electron chi connectivity index (χ2n) is 4.59. The largest absolute Gasteiger partial charge is 0.465 e. The number of nitrogens with zero attached hydrogens (tertiary/aromatic N) is 1. The Bertz CT molecular complexity index is 768. The lowest BCUT2D eigenvalue weighted by Gasteiger charge is -2.17. The summed E-state index contributed by atoms with van der Waals surface area (Å²) in [7, 11) is -3.65. The molecule has 0 aliphatic rings. The molecule has 2 aromatic carbocycles. The van der Waals surface area contributed by atoms with E-state index in [-0.39, 0.29) is 16.3 Å². The molecule has 0 unspecified atom stereocenters. The molecule has 1 amide bonds. The molecule has 2 rings (SSSR count). The number of amides is 1. The fourth-order valence-corrected chi connectivity index (χ4v) is 3.28. The average Bonchev–Trinajstić information content (AvgIpc) is 2.48. The topological polar surface area (TPSA) is 101 Å². The van der Waals surface area contributed by atoms with Gasteiger partial charge in [-0.1, -0.05) is 0 Å². The Morgan fingerprint density at radius 2 is 1.50 bits per heavy atom. The van der Waals surface area contributed by atoms with Crippen LogP contribution in [0.2, 0.25) is 0 Å². The predicted molar refractivity (Wildman–Crippen MR) is 83.8 cm³/mol. The zero-order valence-electron chi connectivity index (χ0n) is 11.9. The predicted octanol–water partition coefficient (Wildman–Crippen LogP) is 2.61. The summed E-state index contributed by atoms with van der Waals surface area (Å²) in [6, 6.07) is 11.7. The van der Waals surface area contributed by atoms with E-state index in [4.69, 9.17) is 10.8 Å².